The number of imide groups is 2. The molecule has 0 radical (unpaired) electrons. The van der Waals surface area contributed by atoms with E-state index in [0.717, 1.165) is 29.2 Å². The maximum Gasteiger partial charge on any atom is 0.301 e. The Morgan fingerprint density at radius 2 is 1.47 bits per heavy atom. The van der Waals surface area contributed by atoms with E-state index >= 15 is 0 Å². The van der Waals surface area contributed by atoms with Crippen molar-refractivity contribution in [3.8, 4) is 5.75 Å². The standard InChI is InChI=1S/C34H26Cl2FN5O9/c1-38(2)28-23(41(48)49)13-18(14-24(28)42(50)51)39-29(44)21-12-11-19-22(26(21)30(39)45)15-33(35)31(46)40(17-9-7-16(37)8-10-17)32(47)34(33,36)27(19)20-5-3-4-6-25(20)43/h3-11,13-14,21-22,26-27,43H,12,15H2,1-2H3/t21-,22+,26-,27+,33+,34-/m0/s1. The number of benzene rings is 3. The molecule has 2 saturated heterocycles. The van der Waals surface area contributed by atoms with E-state index < -0.39 is 90.5 Å². The van der Waals surface area contributed by atoms with Gasteiger partial charge in [0.1, 0.15) is 11.6 Å². The average Bonchev–Trinajstić information content (AvgIpc) is 3.42. The van der Waals surface area contributed by atoms with Crippen LogP contribution in [0.25, 0.3) is 0 Å². The van der Waals surface area contributed by atoms with Gasteiger partial charge in [0.25, 0.3) is 11.8 Å². The van der Waals surface area contributed by atoms with E-state index in [2.05, 4.69) is 0 Å². The van der Waals surface area contributed by atoms with Crippen LogP contribution < -0.4 is 14.7 Å². The number of nitro benzene ring substituents is 2. The molecule has 51 heavy (non-hydrogen) atoms. The first-order chi connectivity index (χ1) is 24.0. The highest BCUT2D eigenvalue weighted by Gasteiger charge is 2.77. The Morgan fingerprint density at radius 1 is 0.863 bits per heavy atom. The van der Waals surface area contributed by atoms with E-state index in [1.165, 1.54) is 49.3 Å². The van der Waals surface area contributed by atoms with Crippen molar-refractivity contribution >= 4 is 75.3 Å². The van der Waals surface area contributed by atoms with E-state index in [4.69, 9.17) is 23.2 Å². The Morgan fingerprint density at radius 3 is 2.04 bits per heavy atom. The van der Waals surface area contributed by atoms with Gasteiger partial charge in [0.15, 0.2) is 15.4 Å². The van der Waals surface area contributed by atoms with Gasteiger partial charge in [0.05, 0.1) is 33.1 Å². The van der Waals surface area contributed by atoms with Crippen LogP contribution in [0.1, 0.15) is 24.3 Å². The number of halogens is 3. The third-order valence-corrected chi connectivity index (χ3v) is 11.7. The first-order valence-corrected chi connectivity index (χ1v) is 16.3. The molecule has 1 N–H and O–H groups in total. The molecule has 2 aliphatic carbocycles. The largest absolute Gasteiger partial charge is 0.508 e. The molecule has 0 bridgehead atoms. The lowest BCUT2D eigenvalue weighted by Gasteiger charge is -2.50. The van der Waals surface area contributed by atoms with Gasteiger partial charge >= 0.3 is 11.4 Å². The van der Waals surface area contributed by atoms with Crippen LogP contribution >= 0.6 is 23.2 Å². The number of allylic oxidation sites excluding steroid dienone is 2. The Balaban J connectivity index is 1.38. The number of hydrogen-bond acceptors (Lipinski definition) is 10. The van der Waals surface area contributed by atoms with E-state index in [0.29, 0.717) is 10.5 Å². The number of nitrogens with zero attached hydrogens (tertiary/aromatic N) is 5. The molecule has 4 aliphatic rings. The SMILES string of the molecule is CN(C)c1c([N+](=O)[O-])cc(N2C(=O)[C@H]3[C@H](CC=C4[C@H]3C[C@@]3(Cl)C(=O)N(c5ccc(F)cc5)C(=O)[C@@]3(Cl)[C@H]4c3ccccc3O)C2=O)cc1[N+](=O)[O-]. The lowest BCUT2D eigenvalue weighted by atomic mass is 9.56. The number of para-hydroxylation sites is 1. The number of alkyl halides is 2. The third kappa shape index (κ3) is 4.60. The number of fused-ring (bicyclic) bond motifs is 4. The van der Waals surface area contributed by atoms with Gasteiger partial charge in [0.2, 0.25) is 11.8 Å². The fourth-order valence-electron chi connectivity index (χ4n) is 8.19. The number of carbonyl (C=O) groups excluding carboxylic acids is 4. The molecule has 17 heteroatoms. The molecule has 3 aromatic rings. The van der Waals surface area contributed by atoms with Crippen molar-refractivity contribution in [2.75, 3.05) is 28.8 Å². The maximum atomic E-state index is 14.4. The fourth-order valence-corrected chi connectivity index (χ4v) is 9.11. The van der Waals surface area contributed by atoms with Crippen LogP contribution in [0.3, 0.4) is 0 Å². The van der Waals surface area contributed by atoms with Crippen molar-refractivity contribution in [2.45, 2.75) is 28.5 Å². The lowest BCUT2D eigenvalue weighted by molar-refractivity contribution is -0.392. The number of hydrogen-bond donors (Lipinski definition) is 1. The quantitative estimate of drug-likeness (QED) is 0.116. The molecule has 3 aromatic carbocycles. The second-order valence-corrected chi connectivity index (χ2v) is 14.3. The van der Waals surface area contributed by atoms with Crippen LogP contribution in [0.4, 0.5) is 32.8 Å². The Labute approximate surface area is 297 Å². The number of anilines is 3. The van der Waals surface area contributed by atoms with Gasteiger partial charge in [-0.05, 0) is 49.1 Å². The smallest absolute Gasteiger partial charge is 0.301 e. The minimum absolute atomic E-state index is 0.0191. The summed E-state index contributed by atoms with van der Waals surface area (Å²) in [4.78, 5) is 77.7. The number of carbonyl (C=O) groups is 4. The molecule has 3 fully saturated rings. The highest BCUT2D eigenvalue weighted by molar-refractivity contribution is 6.58. The van der Waals surface area contributed by atoms with Crippen molar-refractivity contribution in [3.05, 3.63) is 104 Å². The van der Waals surface area contributed by atoms with Gasteiger partial charge < -0.3 is 10.0 Å². The van der Waals surface area contributed by atoms with E-state index in [1.54, 1.807) is 12.1 Å². The van der Waals surface area contributed by atoms with Crippen molar-refractivity contribution in [1.29, 1.82) is 0 Å². The summed E-state index contributed by atoms with van der Waals surface area (Å²) < 4.78 is 13.9. The molecule has 14 nitrogen and oxygen atoms in total. The molecule has 0 spiro atoms. The van der Waals surface area contributed by atoms with Gasteiger partial charge in [0, 0.05) is 37.7 Å². The number of aromatic hydroxyl groups is 1. The number of nitro groups is 2. The highest BCUT2D eigenvalue weighted by Crippen LogP contribution is 2.66. The molecular weight excluding hydrogens is 712 g/mol. The van der Waals surface area contributed by atoms with Crippen molar-refractivity contribution in [3.63, 3.8) is 0 Å². The average molecular weight is 739 g/mol. The van der Waals surface area contributed by atoms with Crippen LogP contribution in [0, 0.1) is 43.8 Å². The van der Waals surface area contributed by atoms with Gasteiger partial charge in [-0.25, -0.2) is 14.2 Å². The topological polar surface area (TPSA) is 185 Å². The molecule has 0 unspecified atom stereocenters. The zero-order chi connectivity index (χ0) is 36.9. The summed E-state index contributed by atoms with van der Waals surface area (Å²) in [6.45, 7) is 0. The van der Waals surface area contributed by atoms with Gasteiger partial charge in [-0.3, -0.25) is 39.4 Å². The number of phenols is 1. The number of amides is 4. The summed E-state index contributed by atoms with van der Waals surface area (Å²) in [5.74, 6) is -9.12. The molecular formula is C34H26Cl2FN5O9. The van der Waals surface area contributed by atoms with Crippen LogP contribution in [-0.2, 0) is 19.2 Å². The molecule has 2 aliphatic heterocycles. The Kier molecular flexibility index (Phi) is 7.72. The van der Waals surface area contributed by atoms with Crippen LogP contribution in [0.5, 0.6) is 5.75 Å². The second-order valence-electron chi connectivity index (χ2n) is 13.1. The molecule has 0 aromatic heterocycles. The number of phenolic OH excluding ortho intramolecular Hbond substituents is 1. The van der Waals surface area contributed by atoms with Crippen LogP contribution in [0.2, 0.25) is 0 Å². The summed E-state index contributed by atoms with van der Waals surface area (Å²) in [5, 5.41) is 35.2. The Bertz CT molecular complexity index is 2110. The normalized spacial score (nSPS) is 28.3. The van der Waals surface area contributed by atoms with Crippen molar-refractivity contribution in [2.24, 2.45) is 17.8 Å². The summed E-state index contributed by atoms with van der Waals surface area (Å²) in [7, 11) is 2.75. The monoisotopic (exact) mass is 737 g/mol. The zero-order valence-electron chi connectivity index (χ0n) is 26.7. The molecule has 6 atom stereocenters. The predicted octanol–water partition coefficient (Wildman–Crippen LogP) is 5.18. The van der Waals surface area contributed by atoms with Crippen molar-refractivity contribution < 1.29 is 38.5 Å². The van der Waals surface area contributed by atoms with Crippen LogP contribution in [-0.4, -0.2) is 62.4 Å². The van der Waals surface area contributed by atoms with E-state index in [9.17, 15) is 48.9 Å². The molecule has 2 heterocycles. The van der Waals surface area contributed by atoms with Gasteiger partial charge in [-0.1, -0.05) is 29.8 Å². The van der Waals surface area contributed by atoms with Gasteiger partial charge in [-0.2, -0.15) is 0 Å². The summed E-state index contributed by atoms with van der Waals surface area (Å²) in [6, 6.07) is 12.3. The predicted molar refractivity (Wildman–Crippen MR) is 181 cm³/mol. The lowest BCUT2D eigenvalue weighted by Crippen LogP contribution is -2.60. The molecule has 262 valence electrons. The summed E-state index contributed by atoms with van der Waals surface area (Å²) in [6.07, 6.45) is 1.12. The second kappa shape index (κ2) is 11.6. The summed E-state index contributed by atoms with van der Waals surface area (Å²) in [5.41, 5.74) is -1.70. The molecule has 1 saturated carbocycles. The Hall–Kier alpha value is -5.41. The minimum Gasteiger partial charge on any atom is -0.508 e. The van der Waals surface area contributed by atoms with Crippen LogP contribution in [0.15, 0.2) is 72.3 Å². The van der Waals surface area contributed by atoms with Gasteiger partial charge in [-0.15, -0.1) is 23.2 Å². The highest BCUT2D eigenvalue weighted by atomic mass is 35.5. The first-order valence-electron chi connectivity index (χ1n) is 15.6. The maximum absolute atomic E-state index is 14.4. The van der Waals surface area contributed by atoms with E-state index in [-0.39, 0.29) is 34.8 Å². The minimum atomic E-state index is -2.28. The van der Waals surface area contributed by atoms with Crippen molar-refractivity contribution in [1.82, 2.24) is 0 Å². The zero-order valence-corrected chi connectivity index (χ0v) is 28.2. The molecule has 7 rings (SSSR count). The van der Waals surface area contributed by atoms with E-state index in [1.807, 2.05) is 0 Å². The number of rotatable bonds is 6. The first kappa shape index (κ1) is 34.1. The fraction of sp³-hybridized carbons (Fsp3) is 0.294. The molecule has 4 amide bonds. The summed E-state index contributed by atoms with van der Waals surface area (Å²) >= 11 is 14.6. The third-order valence-electron chi connectivity index (χ3n) is 10.3.